The first-order valence-corrected chi connectivity index (χ1v) is 5.47. The number of hydrogen-bond donors (Lipinski definition) is 1. The van der Waals surface area contributed by atoms with Crippen LogP contribution < -0.4 is 0 Å². The van der Waals surface area contributed by atoms with Gasteiger partial charge in [-0.3, -0.25) is 14.9 Å². The second-order valence-electron chi connectivity index (χ2n) is 4.14. The maximum Gasteiger partial charge on any atom is 0.304 e. The molecule has 0 aliphatic carbocycles. The summed E-state index contributed by atoms with van der Waals surface area (Å²) in [5.74, 6) is -2.29. The normalized spacial score (nSPS) is 12.5. The zero-order valence-electron chi connectivity index (χ0n) is 9.71. The highest BCUT2D eigenvalue weighted by molar-refractivity contribution is 5.85. The van der Waals surface area contributed by atoms with Crippen LogP contribution in [0.2, 0.25) is 0 Å². The van der Waals surface area contributed by atoms with Gasteiger partial charge >= 0.3 is 5.97 Å². The van der Waals surface area contributed by atoms with Gasteiger partial charge in [-0.25, -0.2) is 4.39 Å². The van der Waals surface area contributed by atoms with Crippen LogP contribution in [-0.2, 0) is 4.79 Å². The lowest BCUT2D eigenvalue weighted by Crippen LogP contribution is -2.16. The van der Waals surface area contributed by atoms with E-state index in [1.54, 1.807) is 0 Å². The highest BCUT2D eigenvalue weighted by Gasteiger charge is 2.26. The molecule has 0 aliphatic rings. The van der Waals surface area contributed by atoms with Gasteiger partial charge < -0.3 is 9.52 Å². The Morgan fingerprint density at radius 1 is 1.53 bits per heavy atom. The van der Waals surface area contributed by atoms with E-state index in [1.165, 1.54) is 24.5 Å². The van der Waals surface area contributed by atoms with Gasteiger partial charge in [-0.2, -0.15) is 0 Å². The summed E-state index contributed by atoms with van der Waals surface area (Å²) in [5, 5.41) is 20.3. The monoisotopic (exact) mass is 267 g/mol. The van der Waals surface area contributed by atoms with Crippen LogP contribution in [0.25, 0.3) is 10.8 Å². The third-order valence-electron chi connectivity index (χ3n) is 2.75. The van der Waals surface area contributed by atoms with Gasteiger partial charge in [0.2, 0.25) is 6.54 Å². The van der Waals surface area contributed by atoms with Crippen LogP contribution >= 0.6 is 0 Å². The quantitative estimate of drug-likeness (QED) is 0.663. The van der Waals surface area contributed by atoms with Crippen molar-refractivity contribution in [3.8, 4) is 0 Å². The molecule has 2 rings (SSSR count). The average Bonchev–Trinajstić information content (AvgIpc) is 2.69. The van der Waals surface area contributed by atoms with Gasteiger partial charge in [0.25, 0.3) is 0 Å². The molecule has 1 atom stereocenters. The van der Waals surface area contributed by atoms with E-state index in [1.807, 2.05) is 0 Å². The molecule has 1 unspecified atom stereocenters. The molecule has 100 valence electrons. The highest BCUT2D eigenvalue weighted by Crippen LogP contribution is 2.30. The number of nitrogens with zero attached hydrogens (tertiary/aromatic N) is 1. The molecule has 1 heterocycles. The number of nitro groups is 1. The second kappa shape index (κ2) is 5.05. The van der Waals surface area contributed by atoms with Gasteiger partial charge in [0.15, 0.2) is 0 Å². The summed E-state index contributed by atoms with van der Waals surface area (Å²) in [6, 6.07) is 3.86. The van der Waals surface area contributed by atoms with E-state index < -0.39 is 35.6 Å². The van der Waals surface area contributed by atoms with Crippen LogP contribution in [0.1, 0.15) is 18.1 Å². The summed E-state index contributed by atoms with van der Waals surface area (Å²) >= 11 is 0. The Labute approximate surface area is 106 Å². The van der Waals surface area contributed by atoms with Gasteiger partial charge in [-0.15, -0.1) is 0 Å². The van der Waals surface area contributed by atoms with Crippen LogP contribution in [-0.4, -0.2) is 22.5 Å². The van der Waals surface area contributed by atoms with Crippen LogP contribution in [0.5, 0.6) is 0 Å². The molecule has 0 amide bonds. The van der Waals surface area contributed by atoms with Gasteiger partial charge in [-0.05, 0) is 18.2 Å². The molecule has 0 saturated carbocycles. The van der Waals surface area contributed by atoms with Gasteiger partial charge in [0.1, 0.15) is 11.6 Å². The zero-order chi connectivity index (χ0) is 14.0. The van der Waals surface area contributed by atoms with Gasteiger partial charge in [0.05, 0.1) is 18.6 Å². The molecule has 1 N–H and O–H groups in total. The maximum absolute atomic E-state index is 13.0. The molecule has 0 spiro atoms. The third kappa shape index (κ3) is 2.87. The average molecular weight is 267 g/mol. The molecule has 1 aromatic heterocycles. The minimum absolute atomic E-state index is 0.203. The highest BCUT2D eigenvalue weighted by atomic mass is 19.1. The lowest BCUT2D eigenvalue weighted by atomic mass is 9.99. The molecule has 19 heavy (non-hydrogen) atoms. The number of fused-ring (bicyclic) bond motifs is 1. The molecule has 0 radical (unpaired) electrons. The fraction of sp³-hybridized carbons (Fsp3) is 0.250. The first kappa shape index (κ1) is 13.0. The predicted octanol–water partition coefficient (Wildman–Crippen LogP) is 2.41. The van der Waals surface area contributed by atoms with Crippen molar-refractivity contribution in [3.63, 3.8) is 0 Å². The smallest absolute Gasteiger partial charge is 0.304 e. The van der Waals surface area contributed by atoms with Crippen molar-refractivity contribution in [2.24, 2.45) is 0 Å². The van der Waals surface area contributed by atoms with Crippen molar-refractivity contribution in [1.29, 1.82) is 0 Å². The van der Waals surface area contributed by atoms with Crippen LogP contribution in [0.15, 0.2) is 28.9 Å². The zero-order valence-corrected chi connectivity index (χ0v) is 9.71. The molecule has 0 saturated heterocycles. The number of hydrogen-bond acceptors (Lipinski definition) is 4. The molecule has 7 heteroatoms. The number of aliphatic carboxylic acids is 1. The van der Waals surface area contributed by atoms with E-state index in [2.05, 4.69) is 0 Å². The summed E-state index contributed by atoms with van der Waals surface area (Å²) in [4.78, 5) is 20.7. The number of carbonyl (C=O) groups is 1. The van der Waals surface area contributed by atoms with E-state index >= 15 is 0 Å². The minimum atomic E-state index is -1.15. The van der Waals surface area contributed by atoms with Crippen molar-refractivity contribution in [1.82, 2.24) is 0 Å². The summed E-state index contributed by atoms with van der Waals surface area (Å²) in [6.45, 7) is -0.549. The number of furan rings is 1. The van der Waals surface area contributed by atoms with Crippen LogP contribution in [0.4, 0.5) is 4.39 Å². The number of carboxylic acids is 1. The topological polar surface area (TPSA) is 93.6 Å². The van der Waals surface area contributed by atoms with E-state index in [0.717, 1.165) is 0 Å². The Morgan fingerprint density at radius 3 is 2.89 bits per heavy atom. The lowest BCUT2D eigenvalue weighted by molar-refractivity contribution is -0.483. The molecule has 6 nitrogen and oxygen atoms in total. The number of carboxylic acid groups (broad SMARTS) is 1. The Hall–Kier alpha value is -2.44. The van der Waals surface area contributed by atoms with Crippen molar-refractivity contribution in [2.75, 3.05) is 6.54 Å². The number of benzene rings is 1. The second-order valence-corrected chi connectivity index (χ2v) is 4.14. The fourth-order valence-corrected chi connectivity index (χ4v) is 1.99. The van der Waals surface area contributed by atoms with Crippen molar-refractivity contribution < 1.29 is 23.6 Å². The molecule has 0 bridgehead atoms. The van der Waals surface area contributed by atoms with Crippen molar-refractivity contribution in [3.05, 3.63) is 46.2 Å². The Balaban J connectivity index is 2.43. The standard InChI is InChI=1S/C12H10FNO5/c13-9-1-2-10-8(3-9)6-19-12(10)7(4-11(15)16)5-14(17)18/h1-3,6-7H,4-5H2,(H,15,16). The molecule has 2 aromatic rings. The fourth-order valence-electron chi connectivity index (χ4n) is 1.99. The SMILES string of the molecule is O=C(O)CC(C[N+](=O)[O-])c1occ2cc(F)ccc12. The van der Waals surface area contributed by atoms with E-state index in [9.17, 15) is 19.3 Å². The lowest BCUT2D eigenvalue weighted by Gasteiger charge is -2.07. The van der Waals surface area contributed by atoms with Gasteiger partial charge in [0, 0.05) is 15.7 Å². The van der Waals surface area contributed by atoms with E-state index in [-0.39, 0.29) is 5.76 Å². The first-order valence-electron chi connectivity index (χ1n) is 5.47. The minimum Gasteiger partial charge on any atom is -0.481 e. The first-order chi connectivity index (χ1) is 8.97. The maximum atomic E-state index is 13.0. The Morgan fingerprint density at radius 2 is 2.26 bits per heavy atom. The summed E-state index contributed by atoms with van der Waals surface area (Å²) in [7, 11) is 0. The summed E-state index contributed by atoms with van der Waals surface area (Å²) < 4.78 is 18.2. The predicted molar refractivity (Wildman–Crippen MR) is 63.0 cm³/mol. The largest absolute Gasteiger partial charge is 0.481 e. The molecular weight excluding hydrogens is 257 g/mol. The summed E-state index contributed by atoms with van der Waals surface area (Å²) in [5.41, 5.74) is 0. The molecule has 1 aromatic carbocycles. The van der Waals surface area contributed by atoms with Crippen LogP contribution in [0, 0.1) is 15.9 Å². The number of rotatable bonds is 5. The van der Waals surface area contributed by atoms with Crippen LogP contribution in [0.3, 0.4) is 0 Å². The molecular formula is C12H10FNO5. The van der Waals surface area contributed by atoms with Crippen molar-refractivity contribution in [2.45, 2.75) is 12.3 Å². The number of halogens is 1. The summed E-state index contributed by atoms with van der Waals surface area (Å²) in [6.07, 6.45) is 0.851. The molecule has 0 fully saturated rings. The third-order valence-corrected chi connectivity index (χ3v) is 2.75. The van der Waals surface area contributed by atoms with E-state index in [4.69, 9.17) is 9.52 Å². The van der Waals surface area contributed by atoms with E-state index in [0.29, 0.717) is 10.8 Å². The Kier molecular flexibility index (Phi) is 3.46. The van der Waals surface area contributed by atoms with Gasteiger partial charge in [-0.1, -0.05) is 0 Å². The Bertz CT molecular complexity index is 620. The molecule has 0 aliphatic heterocycles. The van der Waals surface area contributed by atoms with Crippen molar-refractivity contribution >= 4 is 16.7 Å².